The van der Waals surface area contributed by atoms with Crippen molar-refractivity contribution in [1.29, 1.82) is 0 Å². The van der Waals surface area contributed by atoms with Crippen LogP contribution in [0, 0.1) is 10.5 Å². The van der Waals surface area contributed by atoms with Crippen LogP contribution in [0.3, 0.4) is 0 Å². The summed E-state index contributed by atoms with van der Waals surface area (Å²) in [5.74, 6) is 0. The first kappa shape index (κ1) is 13.7. The van der Waals surface area contributed by atoms with Gasteiger partial charge in [-0.05, 0) is 60.5 Å². The summed E-state index contributed by atoms with van der Waals surface area (Å²) >= 11 is 2.44. The van der Waals surface area contributed by atoms with E-state index >= 15 is 0 Å². The standard InChI is InChI=1S/C14H20IN/c1-5-16-13(9-10(2)3)12-8-6-7-11(4)14(12)15/h6-8,13,16H,2,5,9H2,1,3-4H3. The Morgan fingerprint density at radius 3 is 2.75 bits per heavy atom. The van der Waals surface area contributed by atoms with Crippen molar-refractivity contribution < 1.29 is 0 Å². The largest absolute Gasteiger partial charge is 0.310 e. The molecule has 0 radical (unpaired) electrons. The zero-order valence-electron chi connectivity index (χ0n) is 10.3. The summed E-state index contributed by atoms with van der Waals surface area (Å²) in [6, 6.07) is 6.91. The fraction of sp³-hybridized carbons (Fsp3) is 0.429. The Morgan fingerprint density at radius 2 is 2.19 bits per heavy atom. The van der Waals surface area contributed by atoms with E-state index in [1.165, 1.54) is 20.3 Å². The molecule has 0 aliphatic carbocycles. The Morgan fingerprint density at radius 1 is 1.50 bits per heavy atom. The van der Waals surface area contributed by atoms with Crippen LogP contribution < -0.4 is 5.32 Å². The van der Waals surface area contributed by atoms with Crippen LogP contribution in [-0.4, -0.2) is 6.54 Å². The molecule has 0 saturated heterocycles. The molecule has 1 unspecified atom stereocenters. The molecule has 0 aliphatic heterocycles. The number of halogens is 1. The van der Waals surface area contributed by atoms with Gasteiger partial charge in [-0.1, -0.05) is 30.7 Å². The Hall–Kier alpha value is -0.350. The van der Waals surface area contributed by atoms with E-state index < -0.39 is 0 Å². The van der Waals surface area contributed by atoms with Gasteiger partial charge in [0.05, 0.1) is 0 Å². The number of rotatable bonds is 5. The SMILES string of the molecule is C=C(C)CC(NCC)c1cccc(C)c1I. The van der Waals surface area contributed by atoms with Gasteiger partial charge in [-0.3, -0.25) is 0 Å². The van der Waals surface area contributed by atoms with Crippen molar-refractivity contribution in [2.45, 2.75) is 33.2 Å². The van der Waals surface area contributed by atoms with Gasteiger partial charge < -0.3 is 5.32 Å². The highest BCUT2D eigenvalue weighted by molar-refractivity contribution is 14.1. The Labute approximate surface area is 112 Å². The second kappa shape index (κ2) is 6.40. The fourth-order valence-electron chi connectivity index (χ4n) is 1.83. The molecule has 0 aromatic heterocycles. The van der Waals surface area contributed by atoms with Gasteiger partial charge >= 0.3 is 0 Å². The first-order chi connectivity index (χ1) is 7.56. The molecule has 88 valence electrons. The van der Waals surface area contributed by atoms with E-state index in [4.69, 9.17) is 0 Å². The second-order valence-corrected chi connectivity index (χ2v) is 5.33. The minimum Gasteiger partial charge on any atom is -0.310 e. The minimum atomic E-state index is 0.397. The van der Waals surface area contributed by atoms with Crippen molar-refractivity contribution in [3.8, 4) is 0 Å². The van der Waals surface area contributed by atoms with Gasteiger partial charge in [0.2, 0.25) is 0 Å². The van der Waals surface area contributed by atoms with Crippen molar-refractivity contribution in [3.05, 3.63) is 45.0 Å². The molecule has 1 N–H and O–H groups in total. The summed E-state index contributed by atoms with van der Waals surface area (Å²) in [6.07, 6.45) is 1.01. The molecule has 0 spiro atoms. The summed E-state index contributed by atoms with van der Waals surface area (Å²) < 4.78 is 1.37. The lowest BCUT2D eigenvalue weighted by molar-refractivity contribution is 0.546. The molecule has 2 heteroatoms. The number of hydrogen-bond acceptors (Lipinski definition) is 1. The van der Waals surface area contributed by atoms with Gasteiger partial charge in [0.25, 0.3) is 0 Å². The maximum Gasteiger partial charge on any atom is 0.0367 e. The lowest BCUT2D eigenvalue weighted by Gasteiger charge is -2.20. The maximum absolute atomic E-state index is 4.01. The van der Waals surface area contributed by atoms with Crippen LogP contribution in [-0.2, 0) is 0 Å². The number of aryl methyl sites for hydroxylation is 1. The maximum atomic E-state index is 4.01. The molecule has 16 heavy (non-hydrogen) atoms. The smallest absolute Gasteiger partial charge is 0.0367 e. The van der Waals surface area contributed by atoms with Crippen LogP contribution in [0.5, 0.6) is 0 Å². The monoisotopic (exact) mass is 329 g/mol. The van der Waals surface area contributed by atoms with Crippen molar-refractivity contribution >= 4 is 22.6 Å². The average Bonchev–Trinajstić information content (AvgIpc) is 2.21. The average molecular weight is 329 g/mol. The minimum absolute atomic E-state index is 0.397. The van der Waals surface area contributed by atoms with Crippen LogP contribution in [0.1, 0.15) is 37.4 Å². The highest BCUT2D eigenvalue weighted by Crippen LogP contribution is 2.26. The van der Waals surface area contributed by atoms with E-state index in [-0.39, 0.29) is 0 Å². The van der Waals surface area contributed by atoms with E-state index in [1.807, 2.05) is 0 Å². The third kappa shape index (κ3) is 3.59. The molecule has 0 fully saturated rings. The third-order valence-electron chi connectivity index (χ3n) is 2.60. The summed E-state index contributed by atoms with van der Waals surface area (Å²) in [5, 5.41) is 3.53. The molecule has 1 aromatic rings. The summed E-state index contributed by atoms with van der Waals surface area (Å²) in [5.41, 5.74) is 3.97. The first-order valence-corrected chi connectivity index (χ1v) is 6.77. The van der Waals surface area contributed by atoms with Crippen LogP contribution >= 0.6 is 22.6 Å². The molecule has 1 nitrogen and oxygen atoms in total. The van der Waals surface area contributed by atoms with E-state index in [0.29, 0.717) is 6.04 Å². The summed E-state index contributed by atoms with van der Waals surface area (Å²) in [7, 11) is 0. The highest BCUT2D eigenvalue weighted by Gasteiger charge is 2.14. The van der Waals surface area contributed by atoms with E-state index in [9.17, 15) is 0 Å². The summed E-state index contributed by atoms with van der Waals surface area (Å²) in [6.45, 7) is 11.4. The summed E-state index contributed by atoms with van der Waals surface area (Å²) in [4.78, 5) is 0. The van der Waals surface area contributed by atoms with Gasteiger partial charge in [0.1, 0.15) is 0 Å². The van der Waals surface area contributed by atoms with Crippen LogP contribution in [0.4, 0.5) is 0 Å². The van der Waals surface area contributed by atoms with Crippen LogP contribution in [0.15, 0.2) is 30.4 Å². The quantitative estimate of drug-likeness (QED) is 0.630. The van der Waals surface area contributed by atoms with Gasteiger partial charge in [-0.25, -0.2) is 0 Å². The molecular weight excluding hydrogens is 309 g/mol. The number of nitrogens with one attached hydrogen (secondary N) is 1. The van der Waals surface area contributed by atoms with Crippen molar-refractivity contribution in [2.75, 3.05) is 6.54 Å². The van der Waals surface area contributed by atoms with Gasteiger partial charge in [0, 0.05) is 9.61 Å². The zero-order valence-corrected chi connectivity index (χ0v) is 12.5. The molecule has 1 aromatic carbocycles. The van der Waals surface area contributed by atoms with Gasteiger partial charge in [0.15, 0.2) is 0 Å². The Bertz CT molecular complexity index is 371. The lowest BCUT2D eigenvalue weighted by atomic mass is 9.99. The van der Waals surface area contributed by atoms with Gasteiger partial charge in [-0.15, -0.1) is 6.58 Å². The molecule has 1 rings (SSSR count). The predicted octanol–water partition coefficient (Wildman–Crippen LogP) is 4.22. The first-order valence-electron chi connectivity index (χ1n) is 5.69. The van der Waals surface area contributed by atoms with E-state index in [1.54, 1.807) is 0 Å². The Kier molecular flexibility index (Phi) is 5.49. The van der Waals surface area contributed by atoms with Crippen LogP contribution in [0.2, 0.25) is 0 Å². The number of benzene rings is 1. The van der Waals surface area contributed by atoms with E-state index in [0.717, 1.165) is 13.0 Å². The zero-order chi connectivity index (χ0) is 12.1. The molecule has 1 atom stereocenters. The predicted molar refractivity (Wildman–Crippen MR) is 79.7 cm³/mol. The fourth-order valence-corrected chi connectivity index (χ4v) is 2.56. The topological polar surface area (TPSA) is 12.0 Å². The van der Waals surface area contributed by atoms with Crippen molar-refractivity contribution in [3.63, 3.8) is 0 Å². The molecule has 0 aliphatic rings. The normalized spacial score (nSPS) is 12.5. The lowest BCUT2D eigenvalue weighted by Crippen LogP contribution is -2.22. The third-order valence-corrected chi connectivity index (χ3v) is 4.07. The second-order valence-electron chi connectivity index (χ2n) is 4.25. The van der Waals surface area contributed by atoms with E-state index in [2.05, 4.69) is 73.5 Å². The highest BCUT2D eigenvalue weighted by atomic mass is 127. The molecule has 0 heterocycles. The number of hydrogen-bond donors (Lipinski definition) is 1. The molecular formula is C14H20IN. The molecule has 0 saturated carbocycles. The molecule has 0 amide bonds. The molecule has 0 bridgehead atoms. The Balaban J connectivity index is 3.00. The van der Waals surface area contributed by atoms with Crippen molar-refractivity contribution in [2.24, 2.45) is 0 Å². The van der Waals surface area contributed by atoms with Crippen molar-refractivity contribution in [1.82, 2.24) is 5.32 Å². The van der Waals surface area contributed by atoms with Gasteiger partial charge in [-0.2, -0.15) is 0 Å². The van der Waals surface area contributed by atoms with Crippen LogP contribution in [0.25, 0.3) is 0 Å².